The van der Waals surface area contributed by atoms with Gasteiger partial charge in [0, 0.05) is 20.2 Å². The quantitative estimate of drug-likeness (QED) is 0.259. The molecule has 1 amide bonds. The lowest BCUT2D eigenvalue weighted by Gasteiger charge is -2.20. The summed E-state index contributed by atoms with van der Waals surface area (Å²) >= 11 is 0. The van der Waals surface area contributed by atoms with Crippen LogP contribution in [-0.4, -0.2) is 38.1 Å². The van der Waals surface area contributed by atoms with Crippen LogP contribution in [0.4, 0.5) is 52.7 Å². The molecular formula is C27H17F12NO2. The van der Waals surface area contributed by atoms with Crippen molar-refractivity contribution in [3.8, 4) is 0 Å². The highest BCUT2D eigenvalue weighted by Crippen LogP contribution is 2.52. The summed E-state index contributed by atoms with van der Waals surface area (Å²) in [4.78, 5) is 13.7. The van der Waals surface area contributed by atoms with E-state index in [-0.39, 0.29) is 23.3 Å². The number of halogens is 12. The number of nitrogens with zero attached hydrogens (tertiary/aromatic N) is 1. The predicted octanol–water partition coefficient (Wildman–Crippen LogP) is 8.03. The van der Waals surface area contributed by atoms with E-state index in [1.165, 1.54) is 14.1 Å². The lowest BCUT2D eigenvalue weighted by atomic mass is 9.88. The van der Waals surface area contributed by atoms with Gasteiger partial charge in [-0.2, -0.15) is 52.7 Å². The van der Waals surface area contributed by atoms with E-state index < -0.39 is 93.9 Å². The Labute approximate surface area is 229 Å². The Balaban J connectivity index is 2.08. The maximum atomic E-state index is 13.7. The van der Waals surface area contributed by atoms with Gasteiger partial charge in [0.25, 0.3) is 0 Å². The lowest BCUT2D eigenvalue weighted by molar-refractivity contribution is -0.144. The molecule has 2 aromatic carbocycles. The number of amides is 1. The van der Waals surface area contributed by atoms with Crippen molar-refractivity contribution in [2.24, 2.45) is 0 Å². The molecule has 1 fully saturated rings. The first-order chi connectivity index (χ1) is 19.1. The average molecular weight is 615 g/mol. The topological polar surface area (TPSA) is 29.5 Å². The summed E-state index contributed by atoms with van der Waals surface area (Å²) in [5.41, 5.74) is -9.76. The van der Waals surface area contributed by atoms with Crippen LogP contribution < -0.4 is 0 Å². The first-order valence-corrected chi connectivity index (χ1v) is 11.7. The van der Waals surface area contributed by atoms with Gasteiger partial charge < -0.3 is 9.64 Å². The molecule has 1 heterocycles. The van der Waals surface area contributed by atoms with Crippen molar-refractivity contribution in [3.05, 3.63) is 92.6 Å². The van der Waals surface area contributed by atoms with Gasteiger partial charge in [-0.05, 0) is 75.4 Å². The molecule has 1 saturated heterocycles. The van der Waals surface area contributed by atoms with Crippen LogP contribution in [0.5, 0.6) is 0 Å². The van der Waals surface area contributed by atoms with Crippen LogP contribution in [0.2, 0.25) is 0 Å². The number of likely N-dealkylation sites (N-methyl/N-ethyl adjacent to an activating group) is 1. The van der Waals surface area contributed by atoms with E-state index in [2.05, 4.69) is 0 Å². The van der Waals surface area contributed by atoms with Crippen molar-refractivity contribution in [3.63, 3.8) is 0 Å². The van der Waals surface area contributed by atoms with Crippen molar-refractivity contribution in [1.82, 2.24) is 4.90 Å². The molecule has 2 aromatic rings. The fraction of sp³-hybridized carbons (Fsp3) is 0.296. The molecule has 1 aliphatic heterocycles. The summed E-state index contributed by atoms with van der Waals surface area (Å²) in [6, 6.07) is 1.16. The average Bonchev–Trinajstić information content (AvgIpc) is 3.41. The van der Waals surface area contributed by atoms with E-state index in [0.717, 1.165) is 11.0 Å². The Morgan fingerprint density at radius 2 is 0.929 bits per heavy atom. The summed E-state index contributed by atoms with van der Waals surface area (Å²) in [6.45, 7) is -0.908. The molecule has 226 valence electrons. The van der Waals surface area contributed by atoms with Gasteiger partial charge in [-0.3, -0.25) is 4.79 Å². The van der Waals surface area contributed by atoms with Gasteiger partial charge in [-0.1, -0.05) is 0 Å². The number of allylic oxidation sites excluding steroid dienone is 3. The van der Waals surface area contributed by atoms with Gasteiger partial charge in [0.05, 0.1) is 35.5 Å². The zero-order valence-electron chi connectivity index (χ0n) is 21.3. The molecule has 0 aromatic heterocycles. The third-order valence-corrected chi connectivity index (χ3v) is 6.46. The van der Waals surface area contributed by atoms with Gasteiger partial charge in [-0.25, -0.2) is 0 Å². The zero-order valence-corrected chi connectivity index (χ0v) is 21.3. The van der Waals surface area contributed by atoms with E-state index in [1.54, 1.807) is 0 Å². The Bertz CT molecular complexity index is 1370. The van der Waals surface area contributed by atoms with E-state index in [9.17, 15) is 57.5 Å². The Hall–Kier alpha value is -3.75. The molecule has 15 heteroatoms. The molecule has 0 spiro atoms. The molecule has 2 aliphatic rings. The number of carbonyl (C=O) groups is 1. The molecule has 0 unspecified atom stereocenters. The molecule has 0 N–H and O–H groups in total. The van der Waals surface area contributed by atoms with Gasteiger partial charge in [0.1, 0.15) is 0 Å². The second-order valence-electron chi connectivity index (χ2n) is 9.58. The van der Waals surface area contributed by atoms with E-state index in [1.807, 2.05) is 0 Å². The Morgan fingerprint density at radius 1 is 0.619 bits per heavy atom. The molecule has 42 heavy (non-hydrogen) atoms. The van der Waals surface area contributed by atoms with Gasteiger partial charge in [-0.15, -0.1) is 0 Å². The number of benzene rings is 2. The van der Waals surface area contributed by atoms with Crippen LogP contribution in [0.15, 0.2) is 59.2 Å². The maximum Gasteiger partial charge on any atom is 0.416 e. The molecular weight excluding hydrogens is 598 g/mol. The molecule has 0 bridgehead atoms. The molecule has 0 saturated carbocycles. The fourth-order valence-corrected chi connectivity index (χ4v) is 4.58. The third-order valence-electron chi connectivity index (χ3n) is 6.46. The summed E-state index contributed by atoms with van der Waals surface area (Å²) in [7, 11) is 2.46. The van der Waals surface area contributed by atoms with Gasteiger partial charge >= 0.3 is 24.7 Å². The highest BCUT2D eigenvalue weighted by Gasteiger charge is 2.42. The van der Waals surface area contributed by atoms with Gasteiger partial charge in [0.2, 0.25) is 5.91 Å². The zero-order chi connectivity index (χ0) is 31.6. The third kappa shape index (κ3) is 6.05. The van der Waals surface area contributed by atoms with Crippen molar-refractivity contribution < 1.29 is 62.2 Å². The largest absolute Gasteiger partial charge is 0.416 e. The second-order valence-corrected chi connectivity index (χ2v) is 9.58. The Kier molecular flexibility index (Phi) is 7.58. The van der Waals surface area contributed by atoms with Crippen LogP contribution in [0, 0.1) is 0 Å². The van der Waals surface area contributed by atoms with Crippen LogP contribution in [0.1, 0.15) is 33.4 Å². The first-order valence-electron chi connectivity index (χ1n) is 11.7. The maximum absolute atomic E-state index is 13.7. The SMILES string of the molecule is CN(C)C(=O)C=C1C(c2cc(C(F)(F)F)cc(C(F)(F)F)c2)=C2COCC2=C1c1cc(C(F)(F)F)cc(C(F)(F)F)c1. The highest BCUT2D eigenvalue weighted by molar-refractivity contribution is 6.12. The first kappa shape index (κ1) is 31.2. The number of ether oxygens (including phenoxy) is 1. The number of fused-ring (bicyclic) bond motifs is 1. The minimum atomic E-state index is -5.27. The van der Waals surface area contributed by atoms with Gasteiger partial charge in [0.15, 0.2) is 0 Å². The summed E-state index contributed by atoms with van der Waals surface area (Å²) < 4.78 is 169. The summed E-state index contributed by atoms with van der Waals surface area (Å²) in [5, 5.41) is 0. The number of rotatable bonds is 3. The number of hydrogen-bond acceptors (Lipinski definition) is 2. The molecule has 4 rings (SSSR count). The molecule has 0 atom stereocenters. The molecule has 3 nitrogen and oxygen atoms in total. The fourth-order valence-electron chi connectivity index (χ4n) is 4.58. The smallest absolute Gasteiger partial charge is 0.372 e. The highest BCUT2D eigenvalue weighted by atomic mass is 19.4. The number of carbonyl (C=O) groups excluding carboxylic acids is 1. The van der Waals surface area contributed by atoms with Crippen LogP contribution in [-0.2, 0) is 34.2 Å². The van der Waals surface area contributed by atoms with Crippen LogP contribution >= 0.6 is 0 Å². The van der Waals surface area contributed by atoms with Crippen molar-refractivity contribution >= 4 is 17.1 Å². The summed E-state index contributed by atoms with van der Waals surface area (Å²) in [5.74, 6) is -0.895. The molecule has 1 aliphatic carbocycles. The summed E-state index contributed by atoms with van der Waals surface area (Å²) in [6.07, 6.45) is -20.3. The standard InChI is InChI=1S/C27H17F12NO2/c1-40(2)21(41)9-18-22(12-3-14(24(28,29)30)7-15(4-12)25(31,32)33)19-10-42-11-20(19)23(18)13-5-16(26(34,35)36)8-17(6-13)27(37,38)39/h3-9H,10-11H2,1-2H3. The predicted molar refractivity (Wildman–Crippen MR) is 124 cm³/mol. The number of alkyl halides is 12. The minimum Gasteiger partial charge on any atom is -0.372 e. The monoisotopic (exact) mass is 615 g/mol. The Morgan fingerprint density at radius 3 is 1.19 bits per heavy atom. The number of hydrogen-bond donors (Lipinski definition) is 0. The van der Waals surface area contributed by atoms with Crippen LogP contribution in [0.3, 0.4) is 0 Å². The normalized spacial score (nSPS) is 16.4. The second kappa shape index (κ2) is 10.2. The van der Waals surface area contributed by atoms with E-state index >= 15 is 0 Å². The lowest BCUT2D eigenvalue weighted by Crippen LogP contribution is -2.20. The van der Waals surface area contributed by atoms with Crippen molar-refractivity contribution in [2.75, 3.05) is 27.3 Å². The van der Waals surface area contributed by atoms with E-state index in [4.69, 9.17) is 4.74 Å². The minimum absolute atomic E-state index is 0.0822. The van der Waals surface area contributed by atoms with Crippen molar-refractivity contribution in [1.29, 1.82) is 0 Å². The van der Waals surface area contributed by atoms with Crippen molar-refractivity contribution in [2.45, 2.75) is 24.7 Å². The van der Waals surface area contributed by atoms with E-state index in [0.29, 0.717) is 24.3 Å². The molecule has 0 radical (unpaired) electrons. The van der Waals surface area contributed by atoms with Crippen LogP contribution in [0.25, 0.3) is 11.1 Å².